The lowest BCUT2D eigenvalue weighted by atomic mass is 10.2. The quantitative estimate of drug-likeness (QED) is 0.690. The maximum atomic E-state index is 12.7. The van der Waals surface area contributed by atoms with Gasteiger partial charge in [-0.2, -0.15) is 0 Å². The van der Waals surface area contributed by atoms with Crippen LogP contribution in [-0.4, -0.2) is 75.6 Å². The molecule has 0 bridgehead atoms. The number of carbonyl (C=O) groups is 2. The molecule has 10 heteroatoms. The van der Waals surface area contributed by atoms with Crippen LogP contribution in [0.2, 0.25) is 5.02 Å². The zero-order valence-corrected chi connectivity index (χ0v) is 15.2. The molecule has 8 nitrogen and oxygen atoms in total. The molecule has 25 heavy (non-hydrogen) atoms. The highest BCUT2D eigenvalue weighted by Gasteiger charge is 2.37. The maximum Gasteiger partial charge on any atom is 0.265 e. The Kier molecular flexibility index (Phi) is 4.79. The van der Waals surface area contributed by atoms with Gasteiger partial charge in [0.1, 0.15) is 5.75 Å². The van der Waals surface area contributed by atoms with E-state index in [1.54, 1.807) is 21.9 Å². The van der Waals surface area contributed by atoms with Gasteiger partial charge in [-0.1, -0.05) is 11.6 Å². The average Bonchev–Trinajstić information content (AvgIpc) is 2.59. The Hall–Kier alpha value is -2.00. The molecular weight excluding hydrogens is 370 g/mol. The molecule has 136 valence electrons. The Balaban J connectivity index is 1.83. The largest absolute Gasteiger partial charge is 0.476 e. The van der Waals surface area contributed by atoms with Crippen LogP contribution < -0.4 is 9.04 Å². The molecule has 3 rings (SSSR count). The number of sulfonamides is 1. The molecule has 1 aromatic rings. The molecule has 0 spiro atoms. The summed E-state index contributed by atoms with van der Waals surface area (Å²) in [5.41, 5.74) is 0.324. The number of amides is 2. The van der Waals surface area contributed by atoms with E-state index in [0.29, 0.717) is 42.6 Å². The molecule has 1 atom stereocenters. The van der Waals surface area contributed by atoms with Gasteiger partial charge in [-0.05, 0) is 18.2 Å². The van der Waals surface area contributed by atoms with Gasteiger partial charge >= 0.3 is 0 Å². The normalized spacial score (nSPS) is 20.7. The minimum atomic E-state index is -3.60. The van der Waals surface area contributed by atoms with Crippen molar-refractivity contribution in [1.82, 2.24) is 9.80 Å². The van der Waals surface area contributed by atoms with Crippen LogP contribution in [0.1, 0.15) is 0 Å². The van der Waals surface area contributed by atoms with Crippen molar-refractivity contribution in [3.05, 3.63) is 23.2 Å². The molecule has 0 saturated carbocycles. The molecule has 0 radical (unpaired) electrons. The number of piperazine rings is 1. The highest BCUT2D eigenvalue weighted by Crippen LogP contribution is 2.37. The van der Waals surface area contributed by atoms with E-state index in [4.69, 9.17) is 16.3 Å². The first-order valence-corrected chi connectivity index (χ1v) is 9.94. The summed E-state index contributed by atoms with van der Waals surface area (Å²) < 4.78 is 31.2. The predicted molar refractivity (Wildman–Crippen MR) is 92.3 cm³/mol. The van der Waals surface area contributed by atoms with E-state index < -0.39 is 16.1 Å². The highest BCUT2D eigenvalue weighted by atomic mass is 35.5. The van der Waals surface area contributed by atoms with Crippen LogP contribution in [0, 0.1) is 0 Å². The van der Waals surface area contributed by atoms with Crippen molar-refractivity contribution in [2.24, 2.45) is 0 Å². The van der Waals surface area contributed by atoms with E-state index in [1.807, 2.05) is 0 Å². The summed E-state index contributed by atoms with van der Waals surface area (Å²) in [4.78, 5) is 26.7. The Morgan fingerprint density at radius 1 is 1.28 bits per heavy atom. The number of ether oxygens (including phenoxy) is 1. The molecule has 1 saturated heterocycles. The minimum Gasteiger partial charge on any atom is -0.476 e. The number of carbonyl (C=O) groups excluding carboxylic acids is 2. The van der Waals surface area contributed by atoms with Crippen molar-refractivity contribution in [3.63, 3.8) is 0 Å². The van der Waals surface area contributed by atoms with Crippen molar-refractivity contribution < 1.29 is 22.7 Å². The van der Waals surface area contributed by atoms with Crippen LogP contribution in [0.3, 0.4) is 0 Å². The lowest BCUT2D eigenvalue weighted by Gasteiger charge is -2.38. The van der Waals surface area contributed by atoms with Crippen molar-refractivity contribution >= 4 is 39.6 Å². The lowest BCUT2D eigenvalue weighted by molar-refractivity contribution is -0.141. The highest BCUT2D eigenvalue weighted by molar-refractivity contribution is 7.92. The summed E-state index contributed by atoms with van der Waals surface area (Å²) in [6, 6.07) is 4.64. The number of benzene rings is 1. The summed E-state index contributed by atoms with van der Waals surface area (Å²) in [6.07, 6.45) is 0.892. The molecular formula is C15H18ClN3O5S. The van der Waals surface area contributed by atoms with Gasteiger partial charge in [-0.3, -0.25) is 13.9 Å². The topological polar surface area (TPSA) is 87.2 Å². The third-order valence-electron chi connectivity index (χ3n) is 4.24. The number of nitrogens with zero attached hydrogens (tertiary/aromatic N) is 3. The average molecular weight is 388 g/mol. The minimum absolute atomic E-state index is 0.112. The first-order valence-electron chi connectivity index (χ1n) is 7.71. The summed E-state index contributed by atoms with van der Waals surface area (Å²) in [6.45, 7) is 1.57. The molecule has 0 aromatic heterocycles. The van der Waals surface area contributed by atoms with E-state index in [0.717, 1.165) is 17.0 Å². The van der Waals surface area contributed by atoms with E-state index in [9.17, 15) is 18.0 Å². The van der Waals surface area contributed by atoms with Crippen LogP contribution in [-0.2, 0) is 19.6 Å². The van der Waals surface area contributed by atoms with Gasteiger partial charge in [-0.25, -0.2) is 8.42 Å². The summed E-state index contributed by atoms with van der Waals surface area (Å²) >= 11 is 5.95. The van der Waals surface area contributed by atoms with Crippen molar-refractivity contribution in [3.8, 4) is 5.75 Å². The van der Waals surface area contributed by atoms with Gasteiger partial charge in [0.05, 0.1) is 18.5 Å². The van der Waals surface area contributed by atoms with Crippen molar-refractivity contribution in [2.75, 3.05) is 43.3 Å². The number of rotatable bonds is 3. The van der Waals surface area contributed by atoms with Gasteiger partial charge in [-0.15, -0.1) is 0 Å². The van der Waals surface area contributed by atoms with Gasteiger partial charge in [0.2, 0.25) is 16.4 Å². The monoisotopic (exact) mass is 387 g/mol. The van der Waals surface area contributed by atoms with Crippen LogP contribution in [0.15, 0.2) is 18.2 Å². The van der Waals surface area contributed by atoms with Crippen LogP contribution in [0.5, 0.6) is 5.75 Å². The number of hydrogen-bond acceptors (Lipinski definition) is 5. The first-order chi connectivity index (χ1) is 11.8. The van der Waals surface area contributed by atoms with E-state index in [-0.39, 0.29) is 12.5 Å². The van der Waals surface area contributed by atoms with E-state index >= 15 is 0 Å². The van der Waals surface area contributed by atoms with Crippen molar-refractivity contribution in [1.29, 1.82) is 0 Å². The zero-order chi connectivity index (χ0) is 18.2. The fourth-order valence-corrected chi connectivity index (χ4v) is 3.99. The van der Waals surface area contributed by atoms with Gasteiger partial charge in [0.15, 0.2) is 6.10 Å². The number of fused-ring (bicyclic) bond motifs is 1. The third-order valence-corrected chi connectivity index (χ3v) is 5.62. The maximum absolute atomic E-state index is 12.7. The molecule has 0 unspecified atom stereocenters. The van der Waals surface area contributed by atoms with Crippen LogP contribution in [0.25, 0.3) is 0 Å². The fourth-order valence-electron chi connectivity index (χ4n) is 2.92. The molecule has 2 heterocycles. The van der Waals surface area contributed by atoms with Crippen LogP contribution >= 0.6 is 11.6 Å². The number of anilines is 1. The molecule has 2 amide bonds. The zero-order valence-electron chi connectivity index (χ0n) is 13.6. The molecule has 0 N–H and O–H groups in total. The molecule has 2 aliphatic rings. The Labute approximate surface area is 150 Å². The Bertz CT molecular complexity index is 792. The molecule has 0 aliphatic carbocycles. The van der Waals surface area contributed by atoms with E-state index in [1.165, 1.54) is 6.07 Å². The Morgan fingerprint density at radius 2 is 1.96 bits per heavy atom. The molecule has 1 fully saturated rings. The second kappa shape index (κ2) is 6.72. The smallest absolute Gasteiger partial charge is 0.265 e. The van der Waals surface area contributed by atoms with Crippen molar-refractivity contribution in [2.45, 2.75) is 6.10 Å². The summed E-state index contributed by atoms with van der Waals surface area (Å²) in [7, 11) is -3.60. The lowest BCUT2D eigenvalue weighted by Crippen LogP contribution is -2.56. The number of hydrogen-bond donors (Lipinski definition) is 0. The fraction of sp³-hybridized carbons (Fsp3) is 0.467. The second-order valence-corrected chi connectivity index (χ2v) is 8.32. The van der Waals surface area contributed by atoms with Gasteiger partial charge in [0.25, 0.3) is 5.91 Å². The Morgan fingerprint density at radius 3 is 2.56 bits per heavy atom. The van der Waals surface area contributed by atoms with Gasteiger partial charge in [0, 0.05) is 31.2 Å². The van der Waals surface area contributed by atoms with Crippen LogP contribution in [0.4, 0.5) is 5.69 Å². The standard InChI is InChI=1S/C15H18ClN3O5S/c1-25(22,23)19-9-14(24-13-3-2-11(16)8-12(13)19)15(21)18-6-4-17(10-20)5-7-18/h2-3,8,10,14H,4-7,9H2,1H3/t14-/m0/s1. The molecule has 2 aliphatic heterocycles. The SMILES string of the molecule is CS(=O)(=O)N1C[C@@H](C(=O)N2CCN(C=O)CC2)Oc2ccc(Cl)cc21. The first kappa shape index (κ1) is 17.8. The second-order valence-electron chi connectivity index (χ2n) is 5.98. The predicted octanol–water partition coefficient (Wildman–Crippen LogP) is 0.168. The van der Waals surface area contributed by atoms with Gasteiger partial charge < -0.3 is 14.5 Å². The van der Waals surface area contributed by atoms with E-state index in [2.05, 4.69) is 0 Å². The number of halogens is 1. The third kappa shape index (κ3) is 3.67. The molecule has 1 aromatic carbocycles. The summed E-state index contributed by atoms with van der Waals surface area (Å²) in [5, 5.41) is 0.380. The summed E-state index contributed by atoms with van der Waals surface area (Å²) in [5.74, 6) is 0.00533.